The molecule has 0 spiro atoms. The highest BCUT2D eigenvalue weighted by atomic mass is 32.2. The van der Waals surface area contributed by atoms with Crippen LogP contribution in [0, 0.1) is 6.92 Å². The SMILES string of the molecule is CCCCC(C)(O)CO.Cc1ccc(S(=O)(=O)O)cc1. The number of unbranched alkanes of at least 4 members (excludes halogenated alkanes) is 1. The van der Waals surface area contributed by atoms with Gasteiger partial charge in [0.2, 0.25) is 0 Å². The standard InChI is InChI=1S/C7H8O3S.C7H16O2/c1-6-2-4-7(5-3-6)11(8,9)10;1-3-4-5-7(2,9)6-8/h2-5H,1H3,(H,8,9,10);8-9H,3-6H2,1-2H3. The Morgan fingerprint density at radius 1 is 1.20 bits per heavy atom. The molecule has 3 N–H and O–H groups in total. The van der Waals surface area contributed by atoms with Crippen molar-refractivity contribution >= 4 is 10.1 Å². The summed E-state index contributed by atoms with van der Waals surface area (Å²) in [4.78, 5) is -0.0666. The van der Waals surface area contributed by atoms with E-state index in [1.807, 2.05) is 6.92 Å². The summed E-state index contributed by atoms with van der Waals surface area (Å²) in [6, 6.07) is 5.99. The van der Waals surface area contributed by atoms with Gasteiger partial charge >= 0.3 is 0 Å². The van der Waals surface area contributed by atoms with Gasteiger partial charge in [-0.05, 0) is 32.4 Å². The fourth-order valence-corrected chi connectivity index (χ4v) is 1.83. The molecule has 0 aromatic heterocycles. The Labute approximate surface area is 121 Å². The maximum Gasteiger partial charge on any atom is 0.294 e. The predicted molar refractivity (Wildman–Crippen MR) is 78.2 cm³/mol. The summed E-state index contributed by atoms with van der Waals surface area (Å²) in [5.74, 6) is 0. The van der Waals surface area contributed by atoms with Crippen LogP contribution in [0.15, 0.2) is 29.2 Å². The average Bonchev–Trinajstić information content (AvgIpc) is 2.37. The summed E-state index contributed by atoms with van der Waals surface area (Å²) in [5.41, 5.74) is 0.105. The molecular weight excluding hydrogens is 280 g/mol. The highest BCUT2D eigenvalue weighted by Gasteiger charge is 2.16. The Hall–Kier alpha value is -0.950. The highest BCUT2D eigenvalue weighted by Crippen LogP contribution is 2.11. The fraction of sp³-hybridized carbons (Fsp3) is 0.571. The molecule has 0 aliphatic heterocycles. The molecule has 0 aliphatic rings. The average molecular weight is 304 g/mol. The zero-order valence-corrected chi connectivity index (χ0v) is 13.0. The summed E-state index contributed by atoms with van der Waals surface area (Å²) in [6.07, 6.45) is 2.74. The number of aliphatic hydroxyl groups is 2. The molecule has 1 aromatic carbocycles. The van der Waals surface area contributed by atoms with Gasteiger partial charge in [0.25, 0.3) is 10.1 Å². The minimum Gasteiger partial charge on any atom is -0.393 e. The van der Waals surface area contributed by atoms with E-state index in [0.717, 1.165) is 18.4 Å². The van der Waals surface area contributed by atoms with Gasteiger partial charge in [0.15, 0.2) is 0 Å². The molecule has 1 rings (SSSR count). The Kier molecular flexibility index (Phi) is 7.96. The van der Waals surface area contributed by atoms with Gasteiger partial charge in [-0.2, -0.15) is 8.42 Å². The van der Waals surface area contributed by atoms with Crippen LogP contribution in [-0.4, -0.2) is 35.4 Å². The Bertz CT molecular complexity index is 477. The third-order valence-corrected chi connectivity index (χ3v) is 3.60. The first kappa shape index (κ1) is 19.1. The maximum absolute atomic E-state index is 10.5. The van der Waals surface area contributed by atoms with E-state index >= 15 is 0 Å². The van der Waals surface area contributed by atoms with Crippen molar-refractivity contribution in [2.24, 2.45) is 0 Å². The lowest BCUT2D eigenvalue weighted by molar-refractivity contribution is -0.00660. The van der Waals surface area contributed by atoms with Crippen LogP contribution in [0.25, 0.3) is 0 Å². The van der Waals surface area contributed by atoms with Crippen LogP contribution in [0.4, 0.5) is 0 Å². The molecule has 1 unspecified atom stereocenters. The van der Waals surface area contributed by atoms with Crippen molar-refractivity contribution in [2.75, 3.05) is 6.61 Å². The molecular formula is C14H24O5S. The van der Waals surface area contributed by atoms with Crippen LogP contribution in [0.1, 0.15) is 38.7 Å². The Morgan fingerprint density at radius 3 is 2.05 bits per heavy atom. The minimum absolute atomic E-state index is 0.0666. The molecule has 0 amide bonds. The molecule has 0 heterocycles. The smallest absolute Gasteiger partial charge is 0.294 e. The lowest BCUT2D eigenvalue weighted by atomic mass is 10.0. The second kappa shape index (κ2) is 8.36. The zero-order valence-electron chi connectivity index (χ0n) is 12.2. The van der Waals surface area contributed by atoms with E-state index in [0.29, 0.717) is 6.42 Å². The van der Waals surface area contributed by atoms with Crippen molar-refractivity contribution in [3.63, 3.8) is 0 Å². The third kappa shape index (κ3) is 8.27. The second-order valence-electron chi connectivity index (χ2n) is 5.05. The molecule has 116 valence electrons. The third-order valence-electron chi connectivity index (χ3n) is 2.73. The van der Waals surface area contributed by atoms with Gasteiger partial charge in [0.1, 0.15) is 0 Å². The molecule has 0 bridgehead atoms. The fourth-order valence-electron chi connectivity index (χ4n) is 1.35. The van der Waals surface area contributed by atoms with Gasteiger partial charge in [-0.15, -0.1) is 0 Å². The molecule has 20 heavy (non-hydrogen) atoms. The van der Waals surface area contributed by atoms with E-state index in [1.165, 1.54) is 12.1 Å². The van der Waals surface area contributed by atoms with Gasteiger partial charge in [0.05, 0.1) is 17.1 Å². The summed E-state index contributed by atoms with van der Waals surface area (Å²) < 4.78 is 29.6. The van der Waals surface area contributed by atoms with Gasteiger partial charge in [-0.1, -0.05) is 37.5 Å². The highest BCUT2D eigenvalue weighted by molar-refractivity contribution is 7.85. The Morgan fingerprint density at radius 2 is 1.70 bits per heavy atom. The number of benzene rings is 1. The topological polar surface area (TPSA) is 94.8 Å². The second-order valence-corrected chi connectivity index (χ2v) is 6.47. The maximum atomic E-state index is 10.5. The van der Waals surface area contributed by atoms with Crippen LogP contribution in [0.5, 0.6) is 0 Å². The van der Waals surface area contributed by atoms with Crippen molar-refractivity contribution in [3.05, 3.63) is 29.8 Å². The van der Waals surface area contributed by atoms with Crippen molar-refractivity contribution in [1.29, 1.82) is 0 Å². The molecule has 5 nitrogen and oxygen atoms in total. The number of rotatable bonds is 5. The molecule has 0 saturated carbocycles. The summed E-state index contributed by atoms with van der Waals surface area (Å²) in [7, 11) is -4.02. The summed E-state index contributed by atoms with van der Waals surface area (Å²) in [6.45, 7) is 5.43. The summed E-state index contributed by atoms with van der Waals surface area (Å²) >= 11 is 0. The monoisotopic (exact) mass is 304 g/mol. The molecule has 0 radical (unpaired) electrons. The lowest BCUT2D eigenvalue weighted by Crippen LogP contribution is -2.28. The number of aliphatic hydroxyl groups excluding tert-OH is 1. The first-order valence-corrected chi connectivity index (χ1v) is 7.94. The van der Waals surface area contributed by atoms with Crippen LogP contribution in [-0.2, 0) is 10.1 Å². The van der Waals surface area contributed by atoms with Crippen molar-refractivity contribution in [1.82, 2.24) is 0 Å². The predicted octanol–water partition coefficient (Wildman–Crippen LogP) is 2.16. The first-order valence-electron chi connectivity index (χ1n) is 6.50. The van der Waals surface area contributed by atoms with Gasteiger partial charge in [-0.3, -0.25) is 4.55 Å². The minimum atomic E-state index is -4.02. The van der Waals surface area contributed by atoms with E-state index in [-0.39, 0.29) is 11.5 Å². The normalized spacial score (nSPS) is 14.1. The van der Waals surface area contributed by atoms with E-state index < -0.39 is 15.7 Å². The molecule has 1 atom stereocenters. The van der Waals surface area contributed by atoms with Crippen LogP contribution in [0.2, 0.25) is 0 Å². The quantitative estimate of drug-likeness (QED) is 0.725. The number of hydrogen-bond acceptors (Lipinski definition) is 4. The van der Waals surface area contributed by atoms with Gasteiger partial charge in [-0.25, -0.2) is 0 Å². The van der Waals surface area contributed by atoms with Gasteiger partial charge in [0, 0.05) is 0 Å². The van der Waals surface area contributed by atoms with E-state index in [4.69, 9.17) is 9.66 Å². The summed E-state index contributed by atoms with van der Waals surface area (Å²) in [5, 5.41) is 17.8. The van der Waals surface area contributed by atoms with Crippen LogP contribution in [0.3, 0.4) is 0 Å². The van der Waals surface area contributed by atoms with E-state index in [2.05, 4.69) is 6.92 Å². The molecule has 1 aromatic rings. The number of hydrogen-bond donors (Lipinski definition) is 3. The molecule has 0 fully saturated rings. The van der Waals surface area contributed by atoms with Crippen LogP contribution >= 0.6 is 0 Å². The van der Waals surface area contributed by atoms with Crippen molar-refractivity contribution in [3.8, 4) is 0 Å². The Balaban J connectivity index is 0.000000370. The molecule has 0 aliphatic carbocycles. The van der Waals surface area contributed by atoms with Crippen LogP contribution < -0.4 is 0 Å². The van der Waals surface area contributed by atoms with E-state index in [9.17, 15) is 13.5 Å². The molecule has 0 saturated heterocycles. The first-order chi connectivity index (χ1) is 9.12. The lowest BCUT2D eigenvalue weighted by Gasteiger charge is -2.18. The molecule has 6 heteroatoms. The van der Waals surface area contributed by atoms with Crippen molar-refractivity contribution in [2.45, 2.75) is 50.5 Å². The van der Waals surface area contributed by atoms with E-state index in [1.54, 1.807) is 19.1 Å². The number of aryl methyl sites for hydroxylation is 1. The van der Waals surface area contributed by atoms with Gasteiger partial charge < -0.3 is 10.2 Å². The zero-order chi connectivity index (χ0) is 15.8. The largest absolute Gasteiger partial charge is 0.393 e. The van der Waals surface area contributed by atoms with Crippen molar-refractivity contribution < 1.29 is 23.2 Å².